The lowest BCUT2D eigenvalue weighted by Gasteiger charge is -2.26. The van der Waals surface area contributed by atoms with Crippen LogP contribution in [0.3, 0.4) is 0 Å². The molecule has 6 nitrogen and oxygen atoms in total. The van der Waals surface area contributed by atoms with E-state index in [0.29, 0.717) is 30.7 Å². The molecule has 0 radical (unpaired) electrons. The van der Waals surface area contributed by atoms with Gasteiger partial charge in [-0.3, -0.25) is 4.79 Å². The van der Waals surface area contributed by atoms with E-state index in [-0.39, 0.29) is 23.8 Å². The van der Waals surface area contributed by atoms with E-state index in [4.69, 9.17) is 0 Å². The summed E-state index contributed by atoms with van der Waals surface area (Å²) in [7, 11) is 1.32. The van der Waals surface area contributed by atoms with Crippen molar-refractivity contribution in [2.24, 2.45) is 17.8 Å². The fourth-order valence-corrected chi connectivity index (χ4v) is 4.40. The standard InChI is InChI=1S/C22H32N2O4/c1-5-14(10-23-21(27)28-4)20(26)24-11-17-18(12-24)19(17)15-7-6-8-16(9-15)22(2,3)13-25/h6-9,14,17-19,25H,5,10-13H2,1-4H3,(H,23,27). The summed E-state index contributed by atoms with van der Waals surface area (Å²) in [6, 6.07) is 8.54. The molecule has 1 aromatic rings. The van der Waals surface area contributed by atoms with Gasteiger partial charge in [-0.15, -0.1) is 0 Å². The number of aliphatic hydroxyl groups is 1. The summed E-state index contributed by atoms with van der Waals surface area (Å²) < 4.78 is 4.59. The quantitative estimate of drug-likeness (QED) is 0.752. The molecule has 28 heavy (non-hydrogen) atoms. The van der Waals surface area contributed by atoms with Gasteiger partial charge in [-0.05, 0) is 35.3 Å². The Labute approximate surface area is 167 Å². The van der Waals surface area contributed by atoms with Crippen molar-refractivity contribution in [3.63, 3.8) is 0 Å². The van der Waals surface area contributed by atoms with Crippen molar-refractivity contribution in [3.05, 3.63) is 35.4 Å². The first-order valence-electron chi connectivity index (χ1n) is 10.1. The Kier molecular flexibility index (Phi) is 5.98. The van der Waals surface area contributed by atoms with Gasteiger partial charge in [-0.2, -0.15) is 0 Å². The Morgan fingerprint density at radius 3 is 2.57 bits per heavy atom. The summed E-state index contributed by atoms with van der Waals surface area (Å²) in [4.78, 5) is 26.1. The molecule has 2 fully saturated rings. The number of nitrogens with one attached hydrogen (secondary N) is 1. The minimum atomic E-state index is -0.499. The minimum Gasteiger partial charge on any atom is -0.453 e. The van der Waals surface area contributed by atoms with Gasteiger partial charge >= 0.3 is 6.09 Å². The van der Waals surface area contributed by atoms with Crippen molar-refractivity contribution < 1.29 is 19.4 Å². The van der Waals surface area contributed by atoms with Gasteiger partial charge in [-0.25, -0.2) is 4.79 Å². The number of fused-ring (bicyclic) bond motifs is 1. The number of amides is 2. The molecule has 1 saturated heterocycles. The van der Waals surface area contributed by atoms with Gasteiger partial charge in [0.2, 0.25) is 5.91 Å². The monoisotopic (exact) mass is 388 g/mol. The third-order valence-corrected chi connectivity index (χ3v) is 6.47. The van der Waals surface area contributed by atoms with Crippen LogP contribution < -0.4 is 5.32 Å². The summed E-state index contributed by atoms with van der Waals surface area (Å²) in [5.41, 5.74) is 2.23. The lowest BCUT2D eigenvalue weighted by atomic mass is 9.84. The highest BCUT2D eigenvalue weighted by Gasteiger charge is 2.57. The molecule has 1 saturated carbocycles. The van der Waals surface area contributed by atoms with Crippen LogP contribution in [-0.4, -0.2) is 55.4 Å². The van der Waals surface area contributed by atoms with Gasteiger partial charge < -0.3 is 20.1 Å². The van der Waals surface area contributed by atoms with Crippen LogP contribution in [0.15, 0.2) is 24.3 Å². The molecule has 0 aromatic heterocycles. The highest BCUT2D eigenvalue weighted by Crippen LogP contribution is 2.58. The fourth-order valence-electron chi connectivity index (χ4n) is 4.40. The van der Waals surface area contributed by atoms with E-state index in [9.17, 15) is 14.7 Å². The minimum absolute atomic E-state index is 0.119. The lowest BCUT2D eigenvalue weighted by Crippen LogP contribution is -2.41. The second-order valence-corrected chi connectivity index (χ2v) is 8.74. The molecule has 154 valence electrons. The molecule has 1 aromatic carbocycles. The highest BCUT2D eigenvalue weighted by molar-refractivity contribution is 5.80. The number of ether oxygens (including phenoxy) is 1. The van der Waals surface area contributed by atoms with Gasteiger partial charge in [0.05, 0.1) is 19.6 Å². The van der Waals surface area contributed by atoms with E-state index in [1.807, 2.05) is 25.7 Å². The maximum atomic E-state index is 12.8. The van der Waals surface area contributed by atoms with Crippen LogP contribution in [0.5, 0.6) is 0 Å². The van der Waals surface area contributed by atoms with E-state index in [1.165, 1.54) is 12.7 Å². The molecule has 2 amide bonds. The summed E-state index contributed by atoms with van der Waals surface area (Å²) in [5, 5.41) is 12.3. The number of rotatable bonds is 7. The highest BCUT2D eigenvalue weighted by atomic mass is 16.5. The summed E-state index contributed by atoms with van der Waals surface area (Å²) in [6.07, 6.45) is 0.192. The van der Waals surface area contributed by atoms with Crippen LogP contribution in [0.1, 0.15) is 44.2 Å². The Balaban J connectivity index is 1.59. The molecular weight excluding hydrogens is 356 g/mol. The fraction of sp³-hybridized carbons (Fsp3) is 0.636. The topological polar surface area (TPSA) is 78.9 Å². The van der Waals surface area contributed by atoms with Gasteiger partial charge in [0.1, 0.15) is 0 Å². The number of hydrogen-bond acceptors (Lipinski definition) is 4. The molecular formula is C22H32N2O4. The predicted molar refractivity (Wildman–Crippen MR) is 107 cm³/mol. The van der Waals surface area contributed by atoms with Crippen LogP contribution in [0.2, 0.25) is 0 Å². The van der Waals surface area contributed by atoms with Crippen molar-refractivity contribution in [2.45, 2.75) is 38.5 Å². The molecule has 2 N–H and O–H groups in total. The summed E-state index contributed by atoms with van der Waals surface area (Å²) >= 11 is 0. The van der Waals surface area contributed by atoms with Gasteiger partial charge in [0.15, 0.2) is 0 Å². The van der Waals surface area contributed by atoms with Crippen LogP contribution in [-0.2, 0) is 14.9 Å². The third-order valence-electron chi connectivity index (χ3n) is 6.47. The Morgan fingerprint density at radius 2 is 2.00 bits per heavy atom. The van der Waals surface area contributed by atoms with Crippen molar-refractivity contribution in [3.8, 4) is 0 Å². The van der Waals surface area contributed by atoms with E-state index < -0.39 is 6.09 Å². The molecule has 1 heterocycles. The van der Waals surface area contributed by atoms with E-state index in [2.05, 4.69) is 34.3 Å². The number of hydrogen-bond donors (Lipinski definition) is 2. The first kappa shape index (κ1) is 20.6. The van der Waals surface area contributed by atoms with Crippen molar-refractivity contribution in [1.82, 2.24) is 10.2 Å². The first-order chi connectivity index (χ1) is 13.3. The second-order valence-electron chi connectivity index (χ2n) is 8.74. The largest absolute Gasteiger partial charge is 0.453 e. The van der Waals surface area contributed by atoms with Gasteiger partial charge in [0.25, 0.3) is 0 Å². The Bertz CT molecular complexity index is 721. The van der Waals surface area contributed by atoms with E-state index in [1.54, 1.807) is 0 Å². The second kappa shape index (κ2) is 8.11. The maximum absolute atomic E-state index is 12.8. The molecule has 3 atom stereocenters. The number of aliphatic hydroxyl groups excluding tert-OH is 1. The van der Waals surface area contributed by atoms with E-state index >= 15 is 0 Å². The zero-order valence-corrected chi connectivity index (χ0v) is 17.3. The molecule has 0 bridgehead atoms. The van der Waals surface area contributed by atoms with Crippen molar-refractivity contribution >= 4 is 12.0 Å². The van der Waals surface area contributed by atoms with Crippen LogP contribution in [0.4, 0.5) is 4.79 Å². The van der Waals surface area contributed by atoms with E-state index in [0.717, 1.165) is 18.7 Å². The smallest absolute Gasteiger partial charge is 0.406 e. The molecule has 3 unspecified atom stereocenters. The zero-order chi connectivity index (χ0) is 20.5. The average Bonchev–Trinajstić information content (AvgIpc) is 3.21. The van der Waals surface area contributed by atoms with Crippen molar-refractivity contribution in [1.29, 1.82) is 0 Å². The lowest BCUT2D eigenvalue weighted by molar-refractivity contribution is -0.135. The number of carbonyl (C=O) groups excluding carboxylic acids is 2. The Morgan fingerprint density at radius 1 is 1.32 bits per heavy atom. The molecule has 2 aliphatic rings. The Hall–Kier alpha value is -2.08. The molecule has 6 heteroatoms. The number of carbonyl (C=O) groups is 2. The first-order valence-corrected chi connectivity index (χ1v) is 10.1. The third kappa shape index (κ3) is 4.02. The number of likely N-dealkylation sites (tertiary alicyclic amines) is 1. The number of nitrogens with zero attached hydrogens (tertiary/aromatic N) is 1. The predicted octanol–water partition coefficient (Wildman–Crippen LogP) is 2.51. The number of benzene rings is 1. The number of methoxy groups -OCH3 is 1. The van der Waals surface area contributed by atoms with Crippen LogP contribution >= 0.6 is 0 Å². The molecule has 1 aliphatic heterocycles. The van der Waals surface area contributed by atoms with Crippen LogP contribution in [0, 0.1) is 17.8 Å². The normalized spacial score (nSPS) is 24.5. The van der Waals surface area contributed by atoms with Crippen LogP contribution in [0.25, 0.3) is 0 Å². The molecule has 3 rings (SSSR count). The summed E-state index contributed by atoms with van der Waals surface area (Å²) in [6.45, 7) is 8.08. The maximum Gasteiger partial charge on any atom is 0.406 e. The van der Waals surface area contributed by atoms with Crippen molar-refractivity contribution in [2.75, 3.05) is 33.4 Å². The number of alkyl carbamates (subject to hydrolysis) is 1. The number of piperidine rings is 1. The van der Waals surface area contributed by atoms with Gasteiger partial charge in [0, 0.05) is 25.0 Å². The van der Waals surface area contributed by atoms with Gasteiger partial charge in [-0.1, -0.05) is 45.0 Å². The zero-order valence-electron chi connectivity index (χ0n) is 17.3. The SMILES string of the molecule is CCC(CNC(=O)OC)C(=O)N1CC2C(C1)C2c1cccc(C(C)(C)CO)c1. The molecule has 0 spiro atoms. The molecule has 1 aliphatic carbocycles. The average molecular weight is 389 g/mol. The summed E-state index contributed by atoms with van der Waals surface area (Å²) in [5.74, 6) is 1.46.